The van der Waals surface area contributed by atoms with Crippen LogP contribution in [0.5, 0.6) is 0 Å². The lowest BCUT2D eigenvalue weighted by molar-refractivity contribution is -0.0659. The Bertz CT molecular complexity index is 203. The molecule has 1 saturated carbocycles. The molecule has 0 spiro atoms. The SMILES string of the molecule is CCC(CC)N(CC)N1CC2CCC(CC2)C1. The van der Waals surface area contributed by atoms with Crippen LogP contribution >= 0.6 is 0 Å². The standard InChI is InChI=1S/C15H30N2/c1-4-15(5-2)17(6-3)16-11-13-7-8-14(12-16)10-9-13/h13-15H,4-12H2,1-3H3. The second-order valence-electron chi connectivity index (χ2n) is 5.98. The molecule has 3 aliphatic rings. The van der Waals surface area contributed by atoms with Crippen LogP contribution in [0.4, 0.5) is 0 Å². The van der Waals surface area contributed by atoms with Gasteiger partial charge in [-0.3, -0.25) is 0 Å². The van der Waals surface area contributed by atoms with Gasteiger partial charge in [0.2, 0.25) is 0 Å². The predicted molar refractivity (Wildman–Crippen MR) is 73.8 cm³/mol. The molecule has 0 N–H and O–H groups in total. The first kappa shape index (κ1) is 13.4. The first-order valence-electron chi connectivity index (χ1n) is 7.79. The van der Waals surface area contributed by atoms with Gasteiger partial charge < -0.3 is 0 Å². The maximum atomic E-state index is 2.72. The van der Waals surface area contributed by atoms with E-state index in [1.54, 1.807) is 0 Å². The molecule has 0 atom stereocenters. The Morgan fingerprint density at radius 1 is 0.941 bits per heavy atom. The summed E-state index contributed by atoms with van der Waals surface area (Å²) in [6, 6.07) is 0.762. The topological polar surface area (TPSA) is 6.48 Å². The highest BCUT2D eigenvalue weighted by atomic mass is 15.6. The van der Waals surface area contributed by atoms with Gasteiger partial charge >= 0.3 is 0 Å². The van der Waals surface area contributed by atoms with E-state index in [9.17, 15) is 0 Å². The number of hydrogen-bond acceptors (Lipinski definition) is 2. The van der Waals surface area contributed by atoms with Crippen LogP contribution in [0.25, 0.3) is 0 Å². The van der Waals surface area contributed by atoms with E-state index in [4.69, 9.17) is 0 Å². The molecular formula is C15H30N2. The Kier molecular flexibility index (Phi) is 4.87. The van der Waals surface area contributed by atoms with Gasteiger partial charge in [-0.15, -0.1) is 0 Å². The fourth-order valence-electron chi connectivity index (χ4n) is 3.88. The van der Waals surface area contributed by atoms with Gasteiger partial charge in [-0.1, -0.05) is 20.8 Å². The maximum absolute atomic E-state index is 2.72. The first-order chi connectivity index (χ1) is 8.28. The highest BCUT2D eigenvalue weighted by Gasteiger charge is 2.32. The molecule has 0 aromatic carbocycles. The average molecular weight is 238 g/mol. The molecule has 3 rings (SSSR count). The van der Waals surface area contributed by atoms with E-state index in [-0.39, 0.29) is 0 Å². The summed E-state index contributed by atoms with van der Waals surface area (Å²) in [5, 5.41) is 5.39. The van der Waals surface area contributed by atoms with E-state index in [0.29, 0.717) is 0 Å². The Labute approximate surface area is 107 Å². The van der Waals surface area contributed by atoms with Crippen LogP contribution in [-0.4, -0.2) is 35.7 Å². The zero-order valence-corrected chi connectivity index (χ0v) is 12.0. The van der Waals surface area contributed by atoms with Crippen LogP contribution < -0.4 is 0 Å². The smallest absolute Gasteiger partial charge is 0.0240 e. The van der Waals surface area contributed by atoms with Gasteiger partial charge in [0, 0.05) is 25.7 Å². The van der Waals surface area contributed by atoms with E-state index < -0.39 is 0 Å². The number of fused-ring (bicyclic) bond motifs is 4. The molecule has 2 heteroatoms. The van der Waals surface area contributed by atoms with Crippen LogP contribution in [0.15, 0.2) is 0 Å². The Morgan fingerprint density at radius 3 is 1.76 bits per heavy atom. The maximum Gasteiger partial charge on any atom is 0.0240 e. The second-order valence-corrected chi connectivity index (χ2v) is 5.98. The minimum absolute atomic E-state index is 0.762. The molecule has 0 aromatic heterocycles. The molecule has 100 valence electrons. The molecule has 1 aliphatic carbocycles. The second kappa shape index (κ2) is 6.19. The summed E-state index contributed by atoms with van der Waals surface area (Å²) in [6.45, 7) is 10.9. The normalized spacial score (nSPS) is 30.2. The zero-order valence-electron chi connectivity index (χ0n) is 12.0. The number of hydrogen-bond donors (Lipinski definition) is 0. The van der Waals surface area contributed by atoms with Crippen molar-refractivity contribution in [1.82, 2.24) is 10.0 Å². The molecule has 3 fully saturated rings. The zero-order chi connectivity index (χ0) is 12.3. The van der Waals surface area contributed by atoms with E-state index in [1.807, 2.05) is 0 Å². The van der Waals surface area contributed by atoms with Crippen molar-refractivity contribution in [3.05, 3.63) is 0 Å². The van der Waals surface area contributed by atoms with E-state index in [0.717, 1.165) is 17.9 Å². The monoisotopic (exact) mass is 238 g/mol. The molecule has 0 amide bonds. The summed E-state index contributed by atoms with van der Waals surface area (Å²) in [6.07, 6.45) is 8.53. The third-order valence-corrected chi connectivity index (χ3v) is 4.96. The minimum Gasteiger partial charge on any atom is -0.241 e. The molecule has 17 heavy (non-hydrogen) atoms. The largest absolute Gasteiger partial charge is 0.241 e. The summed E-state index contributed by atoms with van der Waals surface area (Å²) < 4.78 is 0. The van der Waals surface area contributed by atoms with Crippen molar-refractivity contribution in [2.75, 3.05) is 19.6 Å². The molecule has 0 unspecified atom stereocenters. The summed E-state index contributed by atoms with van der Waals surface area (Å²) in [5.41, 5.74) is 0. The van der Waals surface area contributed by atoms with E-state index in [2.05, 4.69) is 30.8 Å². The highest BCUT2D eigenvalue weighted by molar-refractivity contribution is 4.82. The lowest BCUT2D eigenvalue weighted by atomic mass is 9.84. The third-order valence-electron chi connectivity index (χ3n) is 4.96. The number of nitrogens with zero attached hydrogens (tertiary/aromatic N) is 2. The van der Waals surface area contributed by atoms with Crippen LogP contribution in [0.3, 0.4) is 0 Å². The molecule has 2 saturated heterocycles. The molecule has 2 bridgehead atoms. The van der Waals surface area contributed by atoms with Crippen molar-refractivity contribution >= 4 is 0 Å². The fraction of sp³-hybridized carbons (Fsp3) is 1.00. The predicted octanol–water partition coefficient (Wildman–Crippen LogP) is 3.53. The molecule has 2 aliphatic heterocycles. The van der Waals surface area contributed by atoms with Crippen LogP contribution in [0, 0.1) is 11.8 Å². The summed E-state index contributed by atoms with van der Waals surface area (Å²) in [4.78, 5) is 0. The van der Waals surface area contributed by atoms with Crippen molar-refractivity contribution in [3.63, 3.8) is 0 Å². The van der Waals surface area contributed by atoms with Gasteiger partial charge in [0.15, 0.2) is 0 Å². The van der Waals surface area contributed by atoms with Gasteiger partial charge in [0.1, 0.15) is 0 Å². The van der Waals surface area contributed by atoms with E-state index in [1.165, 1.54) is 58.2 Å². The lowest BCUT2D eigenvalue weighted by Gasteiger charge is -2.40. The number of hydrazine groups is 1. The lowest BCUT2D eigenvalue weighted by Crippen LogP contribution is -2.50. The van der Waals surface area contributed by atoms with Gasteiger partial charge in [-0.05, 0) is 50.4 Å². The van der Waals surface area contributed by atoms with Gasteiger partial charge in [0.05, 0.1) is 0 Å². The van der Waals surface area contributed by atoms with Gasteiger partial charge in [-0.2, -0.15) is 0 Å². The Balaban J connectivity index is 2.03. The van der Waals surface area contributed by atoms with Crippen molar-refractivity contribution < 1.29 is 0 Å². The van der Waals surface area contributed by atoms with Crippen molar-refractivity contribution in [3.8, 4) is 0 Å². The van der Waals surface area contributed by atoms with Crippen molar-refractivity contribution in [2.24, 2.45) is 11.8 Å². The quantitative estimate of drug-likeness (QED) is 0.723. The Hall–Kier alpha value is -0.0800. The fourth-order valence-corrected chi connectivity index (χ4v) is 3.88. The molecule has 2 heterocycles. The van der Waals surface area contributed by atoms with Crippen molar-refractivity contribution in [2.45, 2.75) is 65.3 Å². The number of rotatable bonds is 5. The summed E-state index contributed by atoms with van der Waals surface area (Å²) in [5.74, 6) is 1.97. The van der Waals surface area contributed by atoms with Crippen LogP contribution in [0.2, 0.25) is 0 Å². The molecule has 2 nitrogen and oxygen atoms in total. The molecule has 0 aromatic rings. The van der Waals surface area contributed by atoms with E-state index >= 15 is 0 Å². The first-order valence-corrected chi connectivity index (χ1v) is 7.79. The van der Waals surface area contributed by atoms with Gasteiger partial charge in [0.25, 0.3) is 0 Å². The van der Waals surface area contributed by atoms with Gasteiger partial charge in [-0.25, -0.2) is 10.0 Å². The highest BCUT2D eigenvalue weighted by Crippen LogP contribution is 2.34. The average Bonchev–Trinajstić information content (AvgIpc) is 2.68. The Morgan fingerprint density at radius 2 is 1.41 bits per heavy atom. The molecule has 0 radical (unpaired) electrons. The third kappa shape index (κ3) is 3.03. The summed E-state index contributed by atoms with van der Waals surface area (Å²) >= 11 is 0. The van der Waals surface area contributed by atoms with Crippen LogP contribution in [-0.2, 0) is 0 Å². The van der Waals surface area contributed by atoms with Crippen LogP contribution in [0.1, 0.15) is 59.3 Å². The summed E-state index contributed by atoms with van der Waals surface area (Å²) in [7, 11) is 0. The van der Waals surface area contributed by atoms with Crippen molar-refractivity contribution in [1.29, 1.82) is 0 Å². The minimum atomic E-state index is 0.762. The molecular weight excluding hydrogens is 208 g/mol.